The van der Waals surface area contributed by atoms with E-state index in [1.54, 1.807) is 12.1 Å². The molecule has 32 heavy (non-hydrogen) atoms. The summed E-state index contributed by atoms with van der Waals surface area (Å²) >= 11 is 0. The molecule has 1 atom stereocenters. The number of carbonyl (C=O) groups excluding carboxylic acids is 1. The molecule has 4 nitrogen and oxygen atoms in total. The van der Waals surface area contributed by atoms with Gasteiger partial charge in [0.1, 0.15) is 17.3 Å². The number of ketones is 1. The Morgan fingerprint density at radius 2 is 1.75 bits per heavy atom. The third-order valence-corrected chi connectivity index (χ3v) is 7.10. The minimum absolute atomic E-state index is 0.0566. The zero-order valence-corrected chi connectivity index (χ0v) is 18.3. The Morgan fingerprint density at radius 1 is 1.00 bits per heavy atom. The van der Waals surface area contributed by atoms with E-state index in [1.165, 1.54) is 5.56 Å². The van der Waals surface area contributed by atoms with Crippen molar-refractivity contribution in [1.29, 1.82) is 0 Å². The molecule has 166 valence electrons. The van der Waals surface area contributed by atoms with Gasteiger partial charge in [-0.05, 0) is 75.4 Å². The summed E-state index contributed by atoms with van der Waals surface area (Å²) in [7, 11) is 0. The number of carbonyl (C=O) groups is 1. The predicted octanol–water partition coefficient (Wildman–Crippen LogP) is 5.89. The maximum atomic E-state index is 13.2. The normalized spacial score (nSPS) is 19.8. The van der Waals surface area contributed by atoms with Crippen LogP contribution in [0.25, 0.3) is 11.3 Å². The second kappa shape index (κ2) is 9.37. The van der Waals surface area contributed by atoms with Crippen molar-refractivity contribution in [2.45, 2.75) is 44.4 Å². The second-order valence-corrected chi connectivity index (χ2v) is 9.10. The monoisotopic (exact) mass is 432 g/mol. The molecule has 2 heterocycles. The molecule has 5 rings (SSSR count). The fraction of sp³-hybridized carbons (Fsp3) is 0.407. The molecule has 1 aliphatic carbocycles. The van der Waals surface area contributed by atoms with Gasteiger partial charge in [0.25, 0.3) is 0 Å². The number of benzene rings is 2. The van der Waals surface area contributed by atoms with Gasteiger partial charge in [0.2, 0.25) is 0 Å². The van der Waals surface area contributed by atoms with Crippen LogP contribution in [0.1, 0.15) is 59.7 Å². The highest BCUT2D eigenvalue weighted by atomic mass is 19.1. The van der Waals surface area contributed by atoms with Crippen LogP contribution in [0, 0.1) is 11.7 Å². The third-order valence-electron chi connectivity index (χ3n) is 7.10. The lowest BCUT2D eigenvalue weighted by atomic mass is 9.82. The smallest absolute Gasteiger partial charge is 0.171 e. The number of piperidine rings is 1. The van der Waals surface area contributed by atoms with Gasteiger partial charge >= 0.3 is 0 Å². The largest absolute Gasteiger partial charge is 0.360 e. The molecule has 0 amide bonds. The van der Waals surface area contributed by atoms with E-state index < -0.39 is 0 Å². The lowest BCUT2D eigenvalue weighted by molar-refractivity contribution is 0.0883. The van der Waals surface area contributed by atoms with Gasteiger partial charge in [-0.1, -0.05) is 47.6 Å². The predicted molar refractivity (Wildman–Crippen MR) is 122 cm³/mol. The molecule has 0 spiro atoms. The summed E-state index contributed by atoms with van der Waals surface area (Å²) in [6.45, 7) is 3.16. The van der Waals surface area contributed by atoms with Crippen LogP contribution < -0.4 is 0 Å². The molecule has 1 aliphatic heterocycles. The number of nitrogens with zero attached hydrogens (tertiary/aromatic N) is 2. The molecule has 1 saturated heterocycles. The quantitative estimate of drug-likeness (QED) is 0.488. The average molecular weight is 433 g/mol. The molecular weight excluding hydrogens is 403 g/mol. The molecule has 5 heteroatoms. The first-order valence-corrected chi connectivity index (χ1v) is 11.7. The lowest BCUT2D eigenvalue weighted by Crippen LogP contribution is -2.34. The van der Waals surface area contributed by atoms with Crippen molar-refractivity contribution >= 4 is 5.78 Å². The first-order valence-electron chi connectivity index (χ1n) is 11.7. The summed E-state index contributed by atoms with van der Waals surface area (Å²) in [5.41, 5.74) is 3.58. The van der Waals surface area contributed by atoms with Crippen molar-refractivity contribution in [3.63, 3.8) is 0 Å². The summed E-state index contributed by atoms with van der Waals surface area (Å²) in [6, 6.07) is 16.8. The van der Waals surface area contributed by atoms with Crippen molar-refractivity contribution in [2.24, 2.45) is 5.92 Å². The van der Waals surface area contributed by atoms with Gasteiger partial charge in [-0.25, -0.2) is 4.39 Å². The summed E-state index contributed by atoms with van der Waals surface area (Å²) in [4.78, 5) is 15.7. The molecule has 1 fully saturated rings. The Labute approximate surface area is 188 Å². The number of halogens is 1. The van der Waals surface area contributed by atoms with Crippen LogP contribution in [0.5, 0.6) is 0 Å². The van der Waals surface area contributed by atoms with Crippen LogP contribution in [0.3, 0.4) is 0 Å². The number of rotatable bonds is 6. The van der Waals surface area contributed by atoms with E-state index in [0.717, 1.165) is 69.5 Å². The van der Waals surface area contributed by atoms with E-state index in [1.807, 2.05) is 42.5 Å². The van der Waals surface area contributed by atoms with Crippen LogP contribution >= 0.6 is 0 Å². The summed E-state index contributed by atoms with van der Waals surface area (Å²) in [5, 5.41) is 4.22. The number of hydrogen-bond acceptors (Lipinski definition) is 4. The Morgan fingerprint density at radius 3 is 2.50 bits per heavy atom. The molecule has 0 N–H and O–H groups in total. The van der Waals surface area contributed by atoms with Gasteiger partial charge in [0, 0.05) is 17.9 Å². The number of hydrogen-bond donors (Lipinski definition) is 0. The standard InChI is InChI=1S/C27H29FN2O2/c28-23-11-8-19(9-12-23)20-14-17-30(18-15-20)16-4-7-22-10-13-24-25(27(22)31)26(29-32-24)21-5-2-1-3-6-21/h1-3,5-6,8-9,11-12,20,22H,4,7,10,13-18H2. The Balaban J connectivity index is 1.13. The first-order chi connectivity index (χ1) is 15.7. The summed E-state index contributed by atoms with van der Waals surface area (Å²) < 4.78 is 18.7. The van der Waals surface area contributed by atoms with Gasteiger partial charge in [-0.3, -0.25) is 4.79 Å². The van der Waals surface area contributed by atoms with Gasteiger partial charge in [-0.15, -0.1) is 0 Å². The highest BCUT2D eigenvalue weighted by Gasteiger charge is 2.34. The molecule has 2 aromatic carbocycles. The Kier molecular flexibility index (Phi) is 6.17. The maximum absolute atomic E-state index is 13.2. The van der Waals surface area contributed by atoms with Crippen LogP contribution in [0.2, 0.25) is 0 Å². The number of likely N-dealkylation sites (tertiary alicyclic amines) is 1. The lowest BCUT2D eigenvalue weighted by Gasteiger charge is -2.32. The van der Waals surface area contributed by atoms with Crippen LogP contribution in [0.15, 0.2) is 59.1 Å². The van der Waals surface area contributed by atoms with Crippen molar-refractivity contribution in [2.75, 3.05) is 19.6 Å². The van der Waals surface area contributed by atoms with Crippen LogP contribution in [-0.2, 0) is 6.42 Å². The fourth-order valence-corrected chi connectivity index (χ4v) is 5.24. The third kappa shape index (κ3) is 4.40. The maximum Gasteiger partial charge on any atom is 0.171 e. The SMILES string of the molecule is O=C1c2c(-c3ccccc3)noc2CCC1CCCN1CCC(c2ccc(F)cc2)CC1. The van der Waals surface area contributed by atoms with Gasteiger partial charge in [0.05, 0.1) is 5.56 Å². The van der Waals surface area contributed by atoms with E-state index in [2.05, 4.69) is 10.1 Å². The Bertz CT molecular complexity index is 1050. The van der Waals surface area contributed by atoms with Crippen molar-refractivity contribution in [1.82, 2.24) is 10.1 Å². The van der Waals surface area contributed by atoms with E-state index in [9.17, 15) is 9.18 Å². The van der Waals surface area contributed by atoms with Gasteiger partial charge in [0.15, 0.2) is 5.78 Å². The zero-order chi connectivity index (χ0) is 21.9. The number of Topliss-reactive ketones (excluding diaryl/α,β-unsaturated/α-hetero) is 1. The minimum atomic E-state index is -0.169. The average Bonchev–Trinajstić information content (AvgIpc) is 3.27. The number of fused-ring (bicyclic) bond motifs is 1. The van der Waals surface area contributed by atoms with Gasteiger partial charge in [-0.2, -0.15) is 0 Å². The Hall–Kier alpha value is -2.79. The van der Waals surface area contributed by atoms with E-state index >= 15 is 0 Å². The summed E-state index contributed by atoms with van der Waals surface area (Å²) in [5.74, 6) is 1.35. The molecule has 0 saturated carbocycles. The van der Waals surface area contributed by atoms with E-state index in [0.29, 0.717) is 17.2 Å². The summed E-state index contributed by atoms with van der Waals surface area (Å²) in [6.07, 6.45) is 5.79. The fourth-order valence-electron chi connectivity index (χ4n) is 5.24. The molecule has 0 radical (unpaired) electrons. The number of aryl methyl sites for hydroxylation is 1. The second-order valence-electron chi connectivity index (χ2n) is 9.10. The topological polar surface area (TPSA) is 46.3 Å². The van der Waals surface area contributed by atoms with E-state index in [-0.39, 0.29) is 17.5 Å². The minimum Gasteiger partial charge on any atom is -0.360 e. The molecule has 0 bridgehead atoms. The molecular formula is C27H29FN2O2. The highest BCUT2D eigenvalue weighted by molar-refractivity contribution is 6.04. The van der Waals surface area contributed by atoms with Gasteiger partial charge < -0.3 is 9.42 Å². The highest BCUT2D eigenvalue weighted by Crippen LogP contribution is 2.35. The zero-order valence-electron chi connectivity index (χ0n) is 18.3. The van der Waals surface area contributed by atoms with Crippen LogP contribution in [0.4, 0.5) is 4.39 Å². The molecule has 1 unspecified atom stereocenters. The molecule has 3 aromatic rings. The van der Waals surface area contributed by atoms with Crippen molar-refractivity contribution in [3.8, 4) is 11.3 Å². The van der Waals surface area contributed by atoms with Crippen LogP contribution in [-0.4, -0.2) is 35.5 Å². The van der Waals surface area contributed by atoms with Crippen molar-refractivity contribution < 1.29 is 13.7 Å². The molecule has 1 aromatic heterocycles. The number of aromatic nitrogens is 1. The first kappa shape index (κ1) is 21.1. The van der Waals surface area contributed by atoms with Crippen molar-refractivity contribution in [3.05, 3.63) is 77.3 Å². The van der Waals surface area contributed by atoms with E-state index in [4.69, 9.17) is 4.52 Å². The molecule has 2 aliphatic rings.